The van der Waals surface area contributed by atoms with Crippen LogP contribution >= 0.6 is 23.1 Å². The van der Waals surface area contributed by atoms with E-state index < -0.39 is 0 Å². The van der Waals surface area contributed by atoms with Crippen LogP contribution in [0.1, 0.15) is 14.5 Å². The highest BCUT2D eigenvalue weighted by Gasteiger charge is 2.11. The number of hydrogen-bond donors (Lipinski definition) is 3. The van der Waals surface area contributed by atoms with Gasteiger partial charge in [0.15, 0.2) is 0 Å². The SMILES string of the molecule is COC(=O)c1ccc(CCSc2c(N)nc(N)[nH]c2=O)s1. The zero-order valence-electron chi connectivity index (χ0n) is 11.2. The zero-order valence-corrected chi connectivity index (χ0v) is 12.8. The largest absolute Gasteiger partial charge is 0.465 e. The summed E-state index contributed by atoms with van der Waals surface area (Å²) in [5.74, 6) is 0.424. The zero-order chi connectivity index (χ0) is 15.4. The summed E-state index contributed by atoms with van der Waals surface area (Å²) < 4.78 is 4.65. The van der Waals surface area contributed by atoms with Crippen LogP contribution < -0.4 is 17.0 Å². The minimum atomic E-state index is -0.345. The predicted octanol–water partition coefficient (Wildman–Crippen LogP) is 1.12. The molecule has 0 saturated carbocycles. The molecule has 2 rings (SSSR count). The van der Waals surface area contributed by atoms with Crippen LogP contribution in [0.5, 0.6) is 0 Å². The fraction of sp³-hybridized carbons (Fsp3) is 0.250. The molecule has 2 heterocycles. The second-order valence-corrected chi connectivity index (χ2v) is 6.30. The predicted molar refractivity (Wildman–Crippen MR) is 83.8 cm³/mol. The number of anilines is 2. The summed E-state index contributed by atoms with van der Waals surface area (Å²) in [6, 6.07) is 3.59. The number of rotatable bonds is 5. The van der Waals surface area contributed by atoms with Gasteiger partial charge in [-0.3, -0.25) is 9.78 Å². The van der Waals surface area contributed by atoms with E-state index in [0.717, 1.165) is 4.88 Å². The number of nitrogens with two attached hydrogens (primary N) is 2. The number of aromatic amines is 1. The van der Waals surface area contributed by atoms with E-state index >= 15 is 0 Å². The number of methoxy groups -OCH3 is 1. The number of aromatic nitrogens is 2. The Bertz CT molecular complexity index is 711. The number of H-pyrrole nitrogens is 1. The third-order valence-corrected chi connectivity index (χ3v) is 4.78. The maximum atomic E-state index is 11.7. The second kappa shape index (κ2) is 6.64. The molecule has 5 N–H and O–H groups in total. The summed E-state index contributed by atoms with van der Waals surface area (Å²) in [7, 11) is 1.35. The van der Waals surface area contributed by atoms with Crippen LogP contribution in [0.4, 0.5) is 11.8 Å². The minimum Gasteiger partial charge on any atom is -0.465 e. The van der Waals surface area contributed by atoms with Gasteiger partial charge in [0.05, 0.1) is 7.11 Å². The average molecular weight is 326 g/mol. The monoisotopic (exact) mass is 326 g/mol. The lowest BCUT2D eigenvalue weighted by atomic mass is 10.4. The first-order valence-corrected chi connectivity index (χ1v) is 7.76. The van der Waals surface area contributed by atoms with E-state index in [1.165, 1.54) is 30.2 Å². The van der Waals surface area contributed by atoms with Gasteiger partial charge in [0.1, 0.15) is 15.6 Å². The third kappa shape index (κ3) is 3.76. The van der Waals surface area contributed by atoms with E-state index in [2.05, 4.69) is 14.7 Å². The number of nitrogen functional groups attached to an aromatic ring is 2. The normalized spacial score (nSPS) is 10.5. The van der Waals surface area contributed by atoms with Crippen molar-refractivity contribution >= 4 is 40.8 Å². The van der Waals surface area contributed by atoms with Gasteiger partial charge in [-0.25, -0.2) is 4.79 Å². The third-order valence-electron chi connectivity index (χ3n) is 2.56. The van der Waals surface area contributed by atoms with Crippen LogP contribution in [0.25, 0.3) is 0 Å². The van der Waals surface area contributed by atoms with E-state index in [4.69, 9.17) is 11.5 Å². The Hall–Kier alpha value is -2.00. The standard InChI is InChI=1S/C12H14N4O3S2/c1-19-11(18)7-3-2-6(21-7)4-5-20-8-9(13)15-12(14)16-10(8)17/h2-3H,4-5H2,1H3,(H5,13,14,15,16,17). The van der Waals surface area contributed by atoms with Crippen molar-refractivity contribution in [3.05, 3.63) is 32.2 Å². The summed E-state index contributed by atoms with van der Waals surface area (Å²) in [5, 5.41) is 0. The molecule has 0 aliphatic carbocycles. The molecule has 7 nitrogen and oxygen atoms in total. The molecule has 0 amide bonds. The number of nitrogens with one attached hydrogen (secondary N) is 1. The van der Waals surface area contributed by atoms with E-state index in [1.54, 1.807) is 6.07 Å². The lowest BCUT2D eigenvalue weighted by Gasteiger charge is -2.03. The number of thioether (sulfide) groups is 1. The molecule has 0 bridgehead atoms. The molecule has 112 valence electrons. The van der Waals surface area contributed by atoms with Gasteiger partial charge in [-0.2, -0.15) is 4.98 Å². The van der Waals surface area contributed by atoms with Crippen LogP contribution in [0, 0.1) is 0 Å². The first-order chi connectivity index (χ1) is 10.0. The summed E-state index contributed by atoms with van der Waals surface area (Å²) in [4.78, 5) is 31.2. The Morgan fingerprint density at radius 1 is 1.48 bits per heavy atom. The first-order valence-electron chi connectivity index (χ1n) is 5.96. The van der Waals surface area contributed by atoms with Crippen molar-refractivity contribution in [3.8, 4) is 0 Å². The smallest absolute Gasteiger partial charge is 0.348 e. The van der Waals surface area contributed by atoms with Gasteiger partial charge in [0.25, 0.3) is 5.56 Å². The Kier molecular flexibility index (Phi) is 4.86. The van der Waals surface area contributed by atoms with Crippen LogP contribution in [0.3, 0.4) is 0 Å². The molecule has 21 heavy (non-hydrogen) atoms. The van der Waals surface area contributed by atoms with Gasteiger partial charge in [-0.1, -0.05) is 0 Å². The molecule has 2 aromatic rings. The topological polar surface area (TPSA) is 124 Å². The summed E-state index contributed by atoms with van der Waals surface area (Å²) in [6.45, 7) is 0. The number of carbonyl (C=O) groups excluding carboxylic acids is 1. The number of hydrogen-bond acceptors (Lipinski definition) is 8. The maximum Gasteiger partial charge on any atom is 0.348 e. The number of thiophene rings is 1. The van der Waals surface area contributed by atoms with Crippen LogP contribution in [-0.2, 0) is 11.2 Å². The van der Waals surface area contributed by atoms with Gasteiger partial charge in [-0.05, 0) is 18.6 Å². The van der Waals surface area contributed by atoms with Crippen LogP contribution in [0.2, 0.25) is 0 Å². The van der Waals surface area contributed by atoms with Crippen molar-refractivity contribution in [3.63, 3.8) is 0 Å². The van der Waals surface area contributed by atoms with E-state index in [-0.39, 0.29) is 23.3 Å². The molecule has 2 aromatic heterocycles. The molecule has 0 aliphatic rings. The number of esters is 1. The Balaban J connectivity index is 1.97. The molecule has 0 aliphatic heterocycles. The Morgan fingerprint density at radius 3 is 2.90 bits per heavy atom. The molecule has 0 unspecified atom stereocenters. The van der Waals surface area contributed by atoms with Crippen molar-refractivity contribution in [1.29, 1.82) is 0 Å². The summed E-state index contributed by atoms with van der Waals surface area (Å²) in [6.07, 6.45) is 0.704. The second-order valence-electron chi connectivity index (χ2n) is 4.02. The average Bonchev–Trinajstić information content (AvgIpc) is 2.89. The van der Waals surface area contributed by atoms with Crippen molar-refractivity contribution < 1.29 is 9.53 Å². The summed E-state index contributed by atoms with van der Waals surface area (Å²) in [5.41, 5.74) is 10.7. The van der Waals surface area contributed by atoms with E-state index in [9.17, 15) is 9.59 Å². The minimum absolute atomic E-state index is 0.00262. The fourth-order valence-corrected chi connectivity index (χ4v) is 3.57. The van der Waals surface area contributed by atoms with Gasteiger partial charge >= 0.3 is 5.97 Å². The number of aryl methyl sites for hydroxylation is 1. The van der Waals surface area contributed by atoms with Crippen LogP contribution in [0.15, 0.2) is 21.8 Å². The van der Waals surface area contributed by atoms with Gasteiger partial charge in [0.2, 0.25) is 5.95 Å². The van der Waals surface area contributed by atoms with Crippen molar-refractivity contribution in [2.45, 2.75) is 11.3 Å². The Labute approximate surface area is 128 Å². The molecular weight excluding hydrogens is 312 g/mol. The fourth-order valence-electron chi connectivity index (χ4n) is 1.61. The molecule has 0 saturated heterocycles. The molecule has 0 radical (unpaired) electrons. The Morgan fingerprint density at radius 2 is 2.24 bits per heavy atom. The van der Waals surface area contributed by atoms with E-state index in [0.29, 0.717) is 21.9 Å². The highest BCUT2D eigenvalue weighted by molar-refractivity contribution is 7.99. The molecular formula is C12H14N4O3S2. The summed E-state index contributed by atoms with van der Waals surface area (Å²) >= 11 is 2.68. The van der Waals surface area contributed by atoms with Gasteiger partial charge in [0, 0.05) is 10.6 Å². The van der Waals surface area contributed by atoms with E-state index in [1.807, 2.05) is 6.07 Å². The number of ether oxygens (including phenoxy) is 1. The molecule has 9 heteroatoms. The first kappa shape index (κ1) is 15.4. The van der Waals surface area contributed by atoms with Gasteiger partial charge < -0.3 is 16.2 Å². The maximum absolute atomic E-state index is 11.7. The molecule has 0 aromatic carbocycles. The van der Waals surface area contributed by atoms with Crippen molar-refractivity contribution in [1.82, 2.24) is 9.97 Å². The number of nitrogens with zero attached hydrogens (tertiary/aromatic N) is 1. The molecule has 0 atom stereocenters. The number of carbonyl (C=O) groups is 1. The van der Waals surface area contributed by atoms with Crippen molar-refractivity contribution in [2.75, 3.05) is 24.3 Å². The van der Waals surface area contributed by atoms with Crippen LogP contribution in [-0.4, -0.2) is 28.8 Å². The molecule has 0 spiro atoms. The highest BCUT2D eigenvalue weighted by Crippen LogP contribution is 2.23. The quantitative estimate of drug-likeness (QED) is 0.555. The van der Waals surface area contributed by atoms with Gasteiger partial charge in [-0.15, -0.1) is 23.1 Å². The lowest BCUT2D eigenvalue weighted by Crippen LogP contribution is -2.16. The lowest BCUT2D eigenvalue weighted by molar-refractivity contribution is 0.0606. The highest BCUT2D eigenvalue weighted by atomic mass is 32.2. The molecule has 0 fully saturated rings. The van der Waals surface area contributed by atoms with Crippen molar-refractivity contribution in [2.24, 2.45) is 0 Å².